The minimum Gasteiger partial charge on any atom is -0.338 e. The Hall–Kier alpha value is -4.24. The van der Waals surface area contributed by atoms with Gasteiger partial charge in [-0.25, -0.2) is 13.1 Å². The molecule has 0 aromatic heterocycles. The third-order valence-corrected chi connectivity index (χ3v) is 7.59. The molecule has 39 heavy (non-hydrogen) atoms. The van der Waals surface area contributed by atoms with Crippen LogP contribution < -0.4 is 9.62 Å². The molecule has 3 amide bonds. The highest BCUT2D eigenvalue weighted by molar-refractivity contribution is 7.93. The number of nitrogens with zero attached hydrogens (tertiary/aromatic N) is 2. The van der Waals surface area contributed by atoms with Crippen LogP contribution in [0.5, 0.6) is 0 Å². The Labute approximate surface area is 229 Å². The van der Waals surface area contributed by atoms with Crippen LogP contribution in [0.4, 0.5) is 5.69 Å². The fourth-order valence-electron chi connectivity index (χ4n) is 4.54. The number of benzene rings is 3. The Kier molecular flexibility index (Phi) is 8.93. The Balaban J connectivity index is 1.56. The molecule has 0 radical (unpaired) electrons. The normalized spacial score (nSPS) is 13.9. The van der Waals surface area contributed by atoms with E-state index in [1.165, 1.54) is 11.0 Å². The van der Waals surface area contributed by atoms with Crippen molar-refractivity contribution in [1.82, 2.24) is 9.62 Å². The van der Waals surface area contributed by atoms with Gasteiger partial charge in [-0.3, -0.25) is 14.4 Å². The minimum atomic E-state index is -4.23. The van der Waals surface area contributed by atoms with Crippen LogP contribution in [0.2, 0.25) is 0 Å². The summed E-state index contributed by atoms with van der Waals surface area (Å²) in [4.78, 5) is 43.4. The number of rotatable bonds is 9. The van der Waals surface area contributed by atoms with Gasteiger partial charge >= 0.3 is 0 Å². The number of amides is 3. The molecule has 0 saturated heterocycles. The number of hydrogen-bond donors (Lipinski definition) is 1. The van der Waals surface area contributed by atoms with Crippen LogP contribution in [-0.4, -0.2) is 44.1 Å². The molecular formula is C30H31N3O5S. The molecule has 0 spiro atoms. The number of sulfonamides is 1. The Morgan fingerprint density at radius 1 is 0.923 bits per heavy atom. The maximum atomic E-state index is 13.7. The number of hydrogen-bond acceptors (Lipinski definition) is 5. The van der Waals surface area contributed by atoms with E-state index < -0.39 is 34.2 Å². The summed E-state index contributed by atoms with van der Waals surface area (Å²) in [6.45, 7) is 2.81. The van der Waals surface area contributed by atoms with E-state index in [1.807, 2.05) is 29.0 Å². The van der Waals surface area contributed by atoms with Crippen LogP contribution in [0.25, 0.3) is 6.08 Å². The minimum absolute atomic E-state index is 0.235. The second-order valence-electron chi connectivity index (χ2n) is 9.23. The van der Waals surface area contributed by atoms with Crippen LogP contribution in [-0.2, 0) is 37.4 Å². The summed E-state index contributed by atoms with van der Waals surface area (Å²) in [5.74, 6) is -3.61. The van der Waals surface area contributed by atoms with E-state index in [9.17, 15) is 22.8 Å². The van der Waals surface area contributed by atoms with E-state index in [-0.39, 0.29) is 12.5 Å². The molecule has 1 aliphatic heterocycles. The average Bonchev–Trinajstić information content (AvgIpc) is 2.95. The first kappa shape index (κ1) is 27.8. The van der Waals surface area contributed by atoms with Gasteiger partial charge < -0.3 is 9.80 Å². The maximum Gasteiger partial charge on any atom is 0.257 e. The SMILES string of the molecule is CCN(C(=O)C(CC(=O)N1CCc2ccccc2C1)C(=O)NS(=O)(=O)C=Cc1ccccc1)c1ccccc1. The van der Waals surface area contributed by atoms with Gasteiger partial charge in [-0.05, 0) is 48.2 Å². The van der Waals surface area contributed by atoms with Crippen molar-refractivity contribution >= 4 is 39.5 Å². The zero-order valence-corrected chi connectivity index (χ0v) is 22.5. The largest absolute Gasteiger partial charge is 0.338 e. The highest BCUT2D eigenvalue weighted by Gasteiger charge is 2.36. The summed E-state index contributed by atoms with van der Waals surface area (Å²) in [5.41, 5.74) is 3.35. The number of carbonyl (C=O) groups excluding carboxylic acids is 3. The van der Waals surface area contributed by atoms with Gasteiger partial charge in [0.2, 0.25) is 17.7 Å². The molecule has 1 unspecified atom stereocenters. The standard InChI is InChI=1S/C30H31N3O5S/c1-2-33(26-15-7-4-8-16-26)30(36)27(21-28(34)32-19-17-24-13-9-10-14-25(24)22-32)29(35)31-39(37,38)20-18-23-11-5-3-6-12-23/h3-16,18,20,27H,2,17,19,21-22H2,1H3,(H,31,35). The van der Waals surface area contributed by atoms with Gasteiger partial charge in [-0.15, -0.1) is 0 Å². The van der Waals surface area contributed by atoms with Gasteiger partial charge in [0, 0.05) is 31.7 Å². The van der Waals surface area contributed by atoms with Crippen LogP contribution in [0.3, 0.4) is 0 Å². The van der Waals surface area contributed by atoms with Gasteiger partial charge in [0.15, 0.2) is 0 Å². The van der Waals surface area contributed by atoms with Crippen molar-refractivity contribution in [3.63, 3.8) is 0 Å². The molecule has 9 heteroatoms. The Morgan fingerprint density at radius 3 is 2.21 bits per heavy atom. The molecular weight excluding hydrogens is 514 g/mol. The first-order valence-corrected chi connectivity index (χ1v) is 14.3. The summed E-state index contributed by atoms with van der Waals surface area (Å²) in [6, 6.07) is 25.3. The second kappa shape index (κ2) is 12.5. The van der Waals surface area contributed by atoms with Gasteiger partial charge in [0.25, 0.3) is 10.0 Å². The monoisotopic (exact) mass is 545 g/mol. The fraction of sp³-hybridized carbons (Fsp3) is 0.233. The third-order valence-electron chi connectivity index (χ3n) is 6.61. The predicted octanol–water partition coefficient (Wildman–Crippen LogP) is 3.75. The van der Waals surface area contributed by atoms with Crippen LogP contribution in [0.1, 0.15) is 30.0 Å². The average molecular weight is 546 g/mol. The third kappa shape index (κ3) is 7.20. The topological polar surface area (TPSA) is 104 Å². The molecule has 1 heterocycles. The number of anilines is 1. The lowest BCUT2D eigenvalue weighted by Gasteiger charge is -2.31. The van der Waals surface area contributed by atoms with Gasteiger partial charge in [-0.1, -0.05) is 72.8 Å². The zero-order chi connectivity index (χ0) is 27.8. The number of fused-ring (bicyclic) bond motifs is 1. The molecule has 1 N–H and O–H groups in total. The Bertz CT molecular complexity index is 1460. The van der Waals surface area contributed by atoms with Crippen molar-refractivity contribution in [1.29, 1.82) is 0 Å². The maximum absolute atomic E-state index is 13.7. The molecule has 8 nitrogen and oxygen atoms in total. The van der Waals surface area contributed by atoms with Crippen molar-refractivity contribution < 1.29 is 22.8 Å². The lowest BCUT2D eigenvalue weighted by molar-refractivity contribution is -0.141. The number of para-hydroxylation sites is 1. The van der Waals surface area contributed by atoms with Crippen LogP contribution >= 0.6 is 0 Å². The highest BCUT2D eigenvalue weighted by atomic mass is 32.2. The molecule has 202 valence electrons. The molecule has 0 fully saturated rings. The van der Waals surface area contributed by atoms with E-state index in [4.69, 9.17) is 0 Å². The van der Waals surface area contributed by atoms with E-state index >= 15 is 0 Å². The summed E-state index contributed by atoms with van der Waals surface area (Å²) in [6.07, 6.45) is 1.57. The van der Waals surface area contributed by atoms with Crippen molar-refractivity contribution in [2.24, 2.45) is 5.92 Å². The molecule has 3 aromatic carbocycles. The van der Waals surface area contributed by atoms with Gasteiger partial charge in [-0.2, -0.15) is 0 Å². The van der Waals surface area contributed by atoms with Gasteiger partial charge in [0.1, 0.15) is 5.92 Å². The molecule has 4 rings (SSSR count). The van der Waals surface area contributed by atoms with Crippen molar-refractivity contribution in [3.8, 4) is 0 Å². The Morgan fingerprint density at radius 2 is 1.54 bits per heavy atom. The van der Waals surface area contributed by atoms with Crippen molar-refractivity contribution in [3.05, 3.63) is 107 Å². The van der Waals surface area contributed by atoms with Crippen LogP contribution in [0, 0.1) is 5.92 Å². The smallest absolute Gasteiger partial charge is 0.257 e. The molecule has 3 aromatic rings. The number of nitrogens with one attached hydrogen (secondary N) is 1. The van der Waals surface area contributed by atoms with E-state index in [0.29, 0.717) is 30.8 Å². The summed E-state index contributed by atoms with van der Waals surface area (Å²) < 4.78 is 27.5. The first-order chi connectivity index (χ1) is 18.8. The van der Waals surface area contributed by atoms with Crippen molar-refractivity contribution in [2.45, 2.75) is 26.3 Å². The molecule has 0 aliphatic carbocycles. The lowest BCUT2D eigenvalue weighted by atomic mass is 9.97. The first-order valence-electron chi connectivity index (χ1n) is 12.8. The summed E-state index contributed by atoms with van der Waals surface area (Å²) >= 11 is 0. The fourth-order valence-corrected chi connectivity index (χ4v) is 5.37. The summed E-state index contributed by atoms with van der Waals surface area (Å²) in [7, 11) is -4.23. The molecule has 0 bridgehead atoms. The molecule has 0 saturated carbocycles. The van der Waals surface area contributed by atoms with Gasteiger partial charge in [0.05, 0.1) is 5.41 Å². The quantitative estimate of drug-likeness (QED) is 0.413. The van der Waals surface area contributed by atoms with E-state index in [0.717, 1.165) is 16.5 Å². The molecule has 1 aliphatic rings. The predicted molar refractivity (Wildman–Crippen MR) is 151 cm³/mol. The van der Waals surface area contributed by atoms with E-state index in [2.05, 4.69) is 0 Å². The highest BCUT2D eigenvalue weighted by Crippen LogP contribution is 2.23. The second-order valence-corrected chi connectivity index (χ2v) is 10.8. The molecule has 1 atom stereocenters. The van der Waals surface area contributed by atoms with Crippen LogP contribution in [0.15, 0.2) is 90.3 Å². The zero-order valence-electron chi connectivity index (χ0n) is 21.7. The number of carbonyl (C=O) groups is 3. The van der Waals surface area contributed by atoms with E-state index in [1.54, 1.807) is 72.5 Å². The summed E-state index contributed by atoms with van der Waals surface area (Å²) in [5, 5.41) is 0.875. The van der Waals surface area contributed by atoms with Crippen molar-refractivity contribution in [2.75, 3.05) is 18.0 Å². The lowest BCUT2D eigenvalue weighted by Crippen LogP contribution is -2.47.